The average Bonchev–Trinajstić information content (AvgIpc) is 3.12. The van der Waals surface area contributed by atoms with Gasteiger partial charge >= 0.3 is 0 Å². The van der Waals surface area contributed by atoms with Crippen molar-refractivity contribution in [2.24, 2.45) is 11.7 Å². The summed E-state index contributed by atoms with van der Waals surface area (Å²) in [6.45, 7) is 3.93. The molecule has 1 unspecified atom stereocenters. The van der Waals surface area contributed by atoms with E-state index in [1.807, 2.05) is 0 Å². The van der Waals surface area contributed by atoms with Crippen LogP contribution in [0.2, 0.25) is 0 Å². The van der Waals surface area contributed by atoms with Crippen LogP contribution >= 0.6 is 24.8 Å². The van der Waals surface area contributed by atoms with E-state index in [4.69, 9.17) is 5.73 Å². The van der Waals surface area contributed by atoms with Gasteiger partial charge in [-0.25, -0.2) is 0 Å². The molecular formula is C18H29Cl2N3O. The topological polar surface area (TPSA) is 58.4 Å². The fourth-order valence-electron chi connectivity index (χ4n) is 3.82. The van der Waals surface area contributed by atoms with E-state index in [1.165, 1.54) is 17.7 Å². The van der Waals surface area contributed by atoms with E-state index < -0.39 is 0 Å². The van der Waals surface area contributed by atoms with Gasteiger partial charge in [-0.1, -0.05) is 24.6 Å². The summed E-state index contributed by atoms with van der Waals surface area (Å²) in [5.74, 6) is 0.532. The second kappa shape index (κ2) is 9.50. The Hall–Kier alpha value is -0.970. The molecule has 1 fully saturated rings. The van der Waals surface area contributed by atoms with Gasteiger partial charge in [-0.3, -0.25) is 4.79 Å². The number of para-hydroxylation sites is 1. The lowest BCUT2D eigenvalue weighted by molar-refractivity contribution is -0.122. The molecule has 1 amide bonds. The summed E-state index contributed by atoms with van der Waals surface area (Å²) >= 11 is 0. The first-order valence-corrected chi connectivity index (χ1v) is 8.52. The summed E-state index contributed by atoms with van der Waals surface area (Å²) in [6, 6.07) is 9.10. The smallest absolute Gasteiger partial charge is 0.220 e. The third-order valence-corrected chi connectivity index (χ3v) is 5.22. The molecule has 1 saturated carbocycles. The Kier molecular flexibility index (Phi) is 8.34. The Morgan fingerprint density at radius 1 is 1.33 bits per heavy atom. The lowest BCUT2D eigenvalue weighted by Crippen LogP contribution is -2.42. The van der Waals surface area contributed by atoms with E-state index in [0.717, 1.165) is 25.8 Å². The van der Waals surface area contributed by atoms with Crippen LogP contribution in [0.3, 0.4) is 0 Å². The van der Waals surface area contributed by atoms with Gasteiger partial charge in [0.15, 0.2) is 0 Å². The number of halogens is 2. The number of amides is 1. The Bertz CT molecular complexity index is 541. The molecule has 0 radical (unpaired) electrons. The number of hydrogen-bond donors (Lipinski definition) is 2. The largest absolute Gasteiger partial charge is 0.366 e. The first-order valence-electron chi connectivity index (χ1n) is 8.52. The van der Waals surface area contributed by atoms with Crippen LogP contribution in [0.4, 0.5) is 5.69 Å². The Morgan fingerprint density at radius 3 is 2.79 bits per heavy atom. The van der Waals surface area contributed by atoms with Crippen molar-refractivity contribution in [1.82, 2.24) is 5.32 Å². The third-order valence-electron chi connectivity index (χ3n) is 5.22. The van der Waals surface area contributed by atoms with Gasteiger partial charge in [0.25, 0.3) is 0 Å². The first kappa shape index (κ1) is 21.1. The molecule has 24 heavy (non-hydrogen) atoms. The minimum Gasteiger partial charge on any atom is -0.366 e. The van der Waals surface area contributed by atoms with Crippen LogP contribution in [-0.4, -0.2) is 31.1 Å². The van der Waals surface area contributed by atoms with Gasteiger partial charge in [0.05, 0.1) is 0 Å². The van der Waals surface area contributed by atoms with Crippen LogP contribution < -0.4 is 16.0 Å². The summed E-state index contributed by atoms with van der Waals surface area (Å²) in [4.78, 5) is 14.5. The van der Waals surface area contributed by atoms with Gasteiger partial charge in [-0.05, 0) is 43.7 Å². The zero-order chi connectivity index (χ0) is 15.5. The minimum atomic E-state index is 0. The molecule has 136 valence electrons. The number of benzene rings is 1. The van der Waals surface area contributed by atoms with Crippen molar-refractivity contribution in [3.8, 4) is 0 Å². The number of nitrogens with one attached hydrogen (secondary N) is 1. The molecule has 3 atom stereocenters. The van der Waals surface area contributed by atoms with Gasteiger partial charge in [0, 0.05) is 37.3 Å². The van der Waals surface area contributed by atoms with Crippen molar-refractivity contribution >= 4 is 36.4 Å². The summed E-state index contributed by atoms with van der Waals surface area (Å²) < 4.78 is 0. The van der Waals surface area contributed by atoms with Gasteiger partial charge in [-0.15, -0.1) is 24.8 Å². The van der Waals surface area contributed by atoms with E-state index in [9.17, 15) is 4.79 Å². The number of nitrogens with two attached hydrogens (primary N) is 1. The predicted molar refractivity (Wildman–Crippen MR) is 104 cm³/mol. The van der Waals surface area contributed by atoms with Crippen LogP contribution in [0.15, 0.2) is 24.3 Å². The summed E-state index contributed by atoms with van der Waals surface area (Å²) in [6.07, 6.45) is 5.03. The normalized spacial score (nSPS) is 23.0. The number of fused-ring (bicyclic) bond motifs is 1. The monoisotopic (exact) mass is 373 g/mol. The second-order valence-electron chi connectivity index (χ2n) is 6.78. The minimum absolute atomic E-state index is 0. The van der Waals surface area contributed by atoms with Crippen molar-refractivity contribution in [3.05, 3.63) is 29.8 Å². The molecule has 0 bridgehead atoms. The number of hydrogen-bond acceptors (Lipinski definition) is 3. The highest BCUT2D eigenvalue weighted by Crippen LogP contribution is 2.29. The molecule has 1 aliphatic heterocycles. The van der Waals surface area contributed by atoms with Gasteiger partial charge in [0.2, 0.25) is 5.91 Å². The number of carbonyl (C=O) groups is 1. The van der Waals surface area contributed by atoms with E-state index in [0.29, 0.717) is 24.9 Å². The lowest BCUT2D eigenvalue weighted by Gasteiger charge is -2.27. The first-order chi connectivity index (χ1) is 10.6. The predicted octanol–water partition coefficient (Wildman–Crippen LogP) is 2.91. The highest BCUT2D eigenvalue weighted by atomic mass is 35.5. The van der Waals surface area contributed by atoms with Crippen molar-refractivity contribution in [1.29, 1.82) is 0 Å². The lowest BCUT2D eigenvalue weighted by atomic mass is 10.00. The number of carbonyl (C=O) groups excluding carboxylic acids is 1. The fraction of sp³-hybridized carbons (Fsp3) is 0.611. The molecule has 1 aliphatic carbocycles. The quantitative estimate of drug-likeness (QED) is 0.833. The maximum absolute atomic E-state index is 12.1. The van der Waals surface area contributed by atoms with Gasteiger partial charge in [-0.2, -0.15) is 0 Å². The van der Waals surface area contributed by atoms with Gasteiger partial charge < -0.3 is 16.0 Å². The summed E-state index contributed by atoms with van der Waals surface area (Å²) in [5, 5.41) is 3.10. The molecule has 3 rings (SSSR count). The van der Waals surface area contributed by atoms with Crippen LogP contribution in [0.5, 0.6) is 0 Å². The zero-order valence-corrected chi connectivity index (χ0v) is 15.9. The second-order valence-corrected chi connectivity index (χ2v) is 6.78. The van der Waals surface area contributed by atoms with Crippen molar-refractivity contribution in [2.75, 3.05) is 18.0 Å². The molecule has 0 spiro atoms. The molecule has 2 aliphatic rings. The highest BCUT2D eigenvalue weighted by molar-refractivity contribution is 5.85. The number of rotatable bonds is 5. The summed E-state index contributed by atoms with van der Waals surface area (Å²) in [7, 11) is 0. The number of nitrogens with zero attached hydrogens (tertiary/aromatic N) is 1. The molecule has 0 aromatic heterocycles. The molecule has 0 saturated heterocycles. The Labute approximate surface area is 157 Å². The fourth-order valence-corrected chi connectivity index (χ4v) is 3.82. The number of anilines is 1. The van der Waals surface area contributed by atoms with Crippen LogP contribution in [0, 0.1) is 5.92 Å². The molecular weight excluding hydrogens is 345 g/mol. The van der Waals surface area contributed by atoms with Crippen LogP contribution in [0.1, 0.15) is 38.2 Å². The van der Waals surface area contributed by atoms with Crippen molar-refractivity contribution in [2.45, 2.75) is 51.1 Å². The highest BCUT2D eigenvalue weighted by Gasteiger charge is 2.27. The SMILES string of the molecule is CC(CNC(=O)C[C@@H]1CCC[C@H]1N)N1CCc2ccccc21.Cl.Cl. The van der Waals surface area contributed by atoms with Crippen LogP contribution in [0.25, 0.3) is 0 Å². The summed E-state index contributed by atoms with van der Waals surface area (Å²) in [5.41, 5.74) is 8.78. The zero-order valence-electron chi connectivity index (χ0n) is 14.2. The van der Waals surface area contributed by atoms with E-state index >= 15 is 0 Å². The van der Waals surface area contributed by atoms with E-state index in [1.54, 1.807) is 0 Å². The van der Waals surface area contributed by atoms with Crippen molar-refractivity contribution < 1.29 is 4.79 Å². The van der Waals surface area contributed by atoms with Gasteiger partial charge in [0.1, 0.15) is 0 Å². The molecule has 3 N–H and O–H groups in total. The molecule has 4 nitrogen and oxygen atoms in total. The molecule has 6 heteroatoms. The molecule has 1 aromatic carbocycles. The Balaban J connectivity index is 0.00000144. The third kappa shape index (κ3) is 4.78. The standard InChI is InChI=1S/C18H27N3O.2ClH/c1-13(21-10-9-14-5-2-3-8-17(14)21)12-20-18(22)11-15-6-4-7-16(15)19;;/h2-3,5,8,13,15-16H,4,6-7,9-12,19H2,1H3,(H,20,22);2*1H/t13?,15-,16+;;/m0../s1. The maximum atomic E-state index is 12.1. The van der Waals surface area contributed by atoms with Crippen molar-refractivity contribution in [3.63, 3.8) is 0 Å². The Morgan fingerprint density at radius 2 is 2.08 bits per heavy atom. The van der Waals surface area contributed by atoms with Crippen LogP contribution in [-0.2, 0) is 11.2 Å². The van der Waals surface area contributed by atoms with E-state index in [-0.39, 0.29) is 36.8 Å². The average molecular weight is 374 g/mol. The molecule has 1 aromatic rings. The van der Waals surface area contributed by atoms with E-state index in [2.05, 4.69) is 41.4 Å². The maximum Gasteiger partial charge on any atom is 0.220 e. The molecule has 1 heterocycles.